The summed E-state index contributed by atoms with van der Waals surface area (Å²) in [7, 11) is 0. The molecule has 0 rings (SSSR count). The van der Waals surface area contributed by atoms with E-state index in [1.54, 1.807) is 0 Å². The van der Waals surface area contributed by atoms with Crippen molar-refractivity contribution in [2.24, 2.45) is 0 Å². The van der Waals surface area contributed by atoms with Crippen molar-refractivity contribution in [2.75, 3.05) is 13.1 Å². The lowest BCUT2D eigenvalue weighted by Gasteiger charge is -2.28. The van der Waals surface area contributed by atoms with Crippen molar-refractivity contribution in [2.45, 2.75) is 25.6 Å². The van der Waals surface area contributed by atoms with Crippen molar-refractivity contribution < 1.29 is 32.7 Å². The number of carboxylic acids is 1. The van der Waals surface area contributed by atoms with E-state index in [0.717, 1.165) is 0 Å². The summed E-state index contributed by atoms with van der Waals surface area (Å²) < 4.78 is 37.6. The van der Waals surface area contributed by atoms with Crippen molar-refractivity contribution in [3.63, 3.8) is 0 Å². The van der Waals surface area contributed by atoms with E-state index in [1.165, 1.54) is 12.2 Å². The Balaban J connectivity index is 4.43. The van der Waals surface area contributed by atoms with E-state index in [1.807, 2.05) is 5.32 Å². The molecule has 0 aromatic heterocycles. The van der Waals surface area contributed by atoms with E-state index in [2.05, 4.69) is 5.32 Å². The fourth-order valence-corrected chi connectivity index (χ4v) is 0.931. The minimum atomic E-state index is -5.15. The number of alkyl halides is 3. The Morgan fingerprint density at radius 2 is 1.58 bits per heavy atom. The third-order valence-corrected chi connectivity index (χ3v) is 2.14. The van der Waals surface area contributed by atoms with E-state index in [4.69, 9.17) is 5.11 Å². The highest BCUT2D eigenvalue weighted by atomic mass is 19.4. The molecule has 0 spiro atoms. The van der Waals surface area contributed by atoms with Gasteiger partial charge in [0.15, 0.2) is 0 Å². The van der Waals surface area contributed by atoms with E-state index in [0.29, 0.717) is 6.92 Å². The van der Waals surface area contributed by atoms with Crippen molar-refractivity contribution in [1.29, 1.82) is 0 Å². The Labute approximate surface area is 106 Å². The topological polar surface area (TPSA) is 108 Å². The van der Waals surface area contributed by atoms with Gasteiger partial charge in [0.2, 0.25) is 11.4 Å². The standard InChI is InChI=1S/C9H14F3N3O4/c1-5(16)13-3-4-14-7(19)15-8(2,6(17)18)9(10,11)12/h3-4H2,1-2H3,(H,13,16)(H,17,18)(H2,14,15,19). The average Bonchev–Trinajstić information content (AvgIpc) is 2.22. The van der Waals surface area contributed by atoms with Crippen molar-refractivity contribution in [3.8, 4) is 0 Å². The number of urea groups is 1. The molecular formula is C9H14F3N3O4. The molecule has 0 fully saturated rings. The van der Waals surface area contributed by atoms with Crippen LogP contribution in [0.1, 0.15) is 13.8 Å². The zero-order chi connectivity index (χ0) is 15.3. The van der Waals surface area contributed by atoms with E-state index >= 15 is 0 Å². The van der Waals surface area contributed by atoms with Crippen LogP contribution in [0.25, 0.3) is 0 Å². The Hall–Kier alpha value is -2.00. The van der Waals surface area contributed by atoms with E-state index < -0.39 is 23.7 Å². The molecule has 1 unspecified atom stereocenters. The van der Waals surface area contributed by atoms with Gasteiger partial charge in [0.05, 0.1) is 0 Å². The number of carboxylic acid groups (broad SMARTS) is 1. The molecule has 110 valence electrons. The van der Waals surface area contributed by atoms with Gasteiger partial charge < -0.3 is 21.1 Å². The molecule has 4 N–H and O–H groups in total. The molecule has 0 saturated carbocycles. The summed E-state index contributed by atoms with van der Waals surface area (Å²) in [6.07, 6.45) is -5.15. The van der Waals surface area contributed by atoms with Gasteiger partial charge in [-0.1, -0.05) is 0 Å². The summed E-state index contributed by atoms with van der Waals surface area (Å²) in [5.74, 6) is -2.59. The minimum absolute atomic E-state index is 0.0125. The first-order valence-corrected chi connectivity index (χ1v) is 5.11. The highest BCUT2D eigenvalue weighted by Crippen LogP contribution is 2.30. The van der Waals surface area contributed by atoms with Gasteiger partial charge in [0, 0.05) is 20.0 Å². The molecule has 7 nitrogen and oxygen atoms in total. The third-order valence-electron chi connectivity index (χ3n) is 2.14. The number of carbonyl (C=O) groups is 3. The van der Waals surface area contributed by atoms with Crippen molar-refractivity contribution in [1.82, 2.24) is 16.0 Å². The van der Waals surface area contributed by atoms with Gasteiger partial charge in [-0.25, -0.2) is 9.59 Å². The Morgan fingerprint density at radius 1 is 1.11 bits per heavy atom. The molecular weight excluding hydrogens is 271 g/mol. The van der Waals surface area contributed by atoms with Crippen LogP contribution in [0.15, 0.2) is 0 Å². The second kappa shape index (κ2) is 6.25. The molecule has 19 heavy (non-hydrogen) atoms. The molecule has 0 aliphatic heterocycles. The van der Waals surface area contributed by atoms with Gasteiger partial charge in [-0.3, -0.25) is 4.79 Å². The third kappa shape index (κ3) is 5.02. The minimum Gasteiger partial charge on any atom is -0.479 e. The predicted molar refractivity (Wildman–Crippen MR) is 57.3 cm³/mol. The number of halogens is 3. The van der Waals surface area contributed by atoms with Crippen molar-refractivity contribution in [3.05, 3.63) is 0 Å². The van der Waals surface area contributed by atoms with Crippen LogP contribution >= 0.6 is 0 Å². The number of carbonyl (C=O) groups excluding carboxylic acids is 2. The normalized spacial score (nSPS) is 14.2. The quantitative estimate of drug-likeness (QED) is 0.526. The van der Waals surface area contributed by atoms with Gasteiger partial charge in [-0.05, 0) is 6.92 Å². The molecule has 1 atom stereocenters. The lowest BCUT2D eigenvalue weighted by atomic mass is 10.0. The maximum atomic E-state index is 12.5. The summed E-state index contributed by atoms with van der Waals surface area (Å²) in [6.45, 7) is 1.44. The Kier molecular flexibility index (Phi) is 5.59. The van der Waals surface area contributed by atoms with Crippen LogP contribution in [0, 0.1) is 0 Å². The average molecular weight is 285 g/mol. The van der Waals surface area contributed by atoms with Crippen LogP contribution in [0.4, 0.5) is 18.0 Å². The van der Waals surface area contributed by atoms with Crippen LogP contribution in [-0.4, -0.2) is 47.8 Å². The summed E-state index contributed by atoms with van der Waals surface area (Å²) in [4.78, 5) is 32.2. The first-order chi connectivity index (χ1) is 8.50. The largest absolute Gasteiger partial charge is 0.479 e. The zero-order valence-corrected chi connectivity index (χ0v) is 10.2. The molecule has 0 aromatic rings. The molecule has 3 amide bonds. The second-order valence-corrected chi connectivity index (χ2v) is 3.79. The lowest BCUT2D eigenvalue weighted by Crippen LogP contribution is -2.63. The lowest BCUT2D eigenvalue weighted by molar-refractivity contribution is -0.203. The number of hydrogen-bond donors (Lipinski definition) is 4. The molecule has 0 radical (unpaired) electrons. The van der Waals surface area contributed by atoms with Crippen LogP contribution in [-0.2, 0) is 9.59 Å². The predicted octanol–water partition coefficient (Wildman–Crippen LogP) is -0.173. The first kappa shape index (κ1) is 17.0. The van der Waals surface area contributed by atoms with Crippen LogP contribution in [0.5, 0.6) is 0 Å². The smallest absolute Gasteiger partial charge is 0.422 e. The van der Waals surface area contributed by atoms with Gasteiger partial charge in [0.25, 0.3) is 0 Å². The highest BCUT2D eigenvalue weighted by molar-refractivity contribution is 5.86. The number of aliphatic carboxylic acids is 1. The van der Waals surface area contributed by atoms with Crippen molar-refractivity contribution >= 4 is 17.9 Å². The Bertz CT molecular complexity index is 372. The maximum Gasteiger partial charge on any atom is 0.422 e. The second-order valence-electron chi connectivity index (χ2n) is 3.79. The highest BCUT2D eigenvalue weighted by Gasteiger charge is 2.58. The molecule has 0 aromatic carbocycles. The molecule has 10 heteroatoms. The number of nitrogens with one attached hydrogen (secondary N) is 3. The fourth-order valence-electron chi connectivity index (χ4n) is 0.931. The van der Waals surface area contributed by atoms with Gasteiger partial charge in [-0.2, -0.15) is 13.2 Å². The SMILES string of the molecule is CC(=O)NCCNC(=O)NC(C)(C(=O)O)C(F)(F)F. The van der Waals surface area contributed by atoms with E-state index in [-0.39, 0.29) is 19.0 Å². The number of hydrogen-bond acceptors (Lipinski definition) is 3. The van der Waals surface area contributed by atoms with Crippen LogP contribution < -0.4 is 16.0 Å². The van der Waals surface area contributed by atoms with Gasteiger partial charge in [-0.15, -0.1) is 0 Å². The van der Waals surface area contributed by atoms with E-state index in [9.17, 15) is 27.6 Å². The van der Waals surface area contributed by atoms with Gasteiger partial charge >= 0.3 is 18.2 Å². The maximum absolute atomic E-state index is 12.5. The fraction of sp³-hybridized carbons (Fsp3) is 0.667. The molecule has 0 saturated heterocycles. The van der Waals surface area contributed by atoms with Crippen LogP contribution in [0.2, 0.25) is 0 Å². The summed E-state index contributed by atoms with van der Waals surface area (Å²) in [5, 5.41) is 14.2. The molecule has 0 aliphatic carbocycles. The monoisotopic (exact) mass is 285 g/mol. The number of rotatable bonds is 5. The molecule has 0 aliphatic rings. The number of amides is 3. The summed E-state index contributed by atoms with van der Waals surface area (Å²) >= 11 is 0. The summed E-state index contributed by atoms with van der Waals surface area (Å²) in [6, 6.07) is -1.30. The first-order valence-electron chi connectivity index (χ1n) is 5.11. The Morgan fingerprint density at radius 3 is 1.95 bits per heavy atom. The zero-order valence-electron chi connectivity index (χ0n) is 10.2. The van der Waals surface area contributed by atoms with Crippen LogP contribution in [0.3, 0.4) is 0 Å². The molecule has 0 bridgehead atoms. The molecule has 0 heterocycles. The van der Waals surface area contributed by atoms with Gasteiger partial charge in [0.1, 0.15) is 0 Å². The summed E-state index contributed by atoms with van der Waals surface area (Å²) in [5.41, 5.74) is -3.38.